The van der Waals surface area contributed by atoms with Gasteiger partial charge >= 0.3 is 0 Å². The average Bonchev–Trinajstić information content (AvgIpc) is 2.38. The number of nitrogen functional groups attached to an aromatic ring is 2. The fraction of sp³-hybridized carbons (Fsp3) is 0.462. The Labute approximate surface area is 106 Å². The number of hydrogen-bond donors (Lipinski definition) is 3. The molecule has 2 rings (SSSR count). The molecule has 5 nitrogen and oxygen atoms in total. The molecule has 0 aromatic heterocycles. The summed E-state index contributed by atoms with van der Waals surface area (Å²) in [5.74, 6) is 0.100. The summed E-state index contributed by atoms with van der Waals surface area (Å²) in [4.78, 5) is 14.1. The van der Waals surface area contributed by atoms with Gasteiger partial charge in [-0.3, -0.25) is 4.79 Å². The Hall–Kier alpha value is -1.75. The highest BCUT2D eigenvalue weighted by molar-refractivity contribution is 5.99. The number of amides is 1. The predicted molar refractivity (Wildman–Crippen MR) is 71.0 cm³/mol. The zero-order valence-corrected chi connectivity index (χ0v) is 10.3. The monoisotopic (exact) mass is 249 g/mol. The van der Waals surface area contributed by atoms with Crippen LogP contribution in [-0.2, 0) is 0 Å². The molecule has 1 unspecified atom stereocenters. The molecule has 0 bridgehead atoms. The molecule has 0 saturated carbocycles. The molecule has 98 valence electrons. The molecule has 1 aromatic carbocycles. The van der Waals surface area contributed by atoms with Crippen LogP contribution in [0.2, 0.25) is 0 Å². The number of benzene rings is 1. The van der Waals surface area contributed by atoms with Crippen molar-refractivity contribution in [2.45, 2.75) is 12.8 Å². The normalized spacial score (nSPS) is 19.8. The molecule has 5 N–H and O–H groups in total. The first kappa shape index (κ1) is 12.7. The largest absolute Gasteiger partial charge is 0.399 e. The molecule has 0 radical (unpaired) electrons. The molecule has 1 fully saturated rings. The Balaban J connectivity index is 2.15. The second kappa shape index (κ2) is 5.27. The van der Waals surface area contributed by atoms with Crippen LogP contribution in [0.5, 0.6) is 0 Å². The highest BCUT2D eigenvalue weighted by Crippen LogP contribution is 2.22. The van der Waals surface area contributed by atoms with Gasteiger partial charge in [-0.2, -0.15) is 0 Å². The van der Waals surface area contributed by atoms with Crippen molar-refractivity contribution in [2.24, 2.45) is 5.92 Å². The first-order valence-electron chi connectivity index (χ1n) is 6.17. The Morgan fingerprint density at radius 1 is 1.44 bits per heavy atom. The quantitative estimate of drug-likeness (QED) is 0.672. The molecule has 1 aliphatic rings. The van der Waals surface area contributed by atoms with Crippen LogP contribution in [0.1, 0.15) is 23.2 Å². The van der Waals surface area contributed by atoms with Crippen molar-refractivity contribution in [3.05, 3.63) is 23.8 Å². The number of anilines is 2. The van der Waals surface area contributed by atoms with Crippen LogP contribution in [0.25, 0.3) is 0 Å². The molecular weight excluding hydrogens is 230 g/mol. The van der Waals surface area contributed by atoms with Gasteiger partial charge in [0, 0.05) is 31.1 Å². The lowest BCUT2D eigenvalue weighted by atomic mass is 9.98. The maximum Gasteiger partial charge on any atom is 0.255 e. The van der Waals surface area contributed by atoms with E-state index >= 15 is 0 Å². The summed E-state index contributed by atoms with van der Waals surface area (Å²) in [5, 5.41) is 9.17. The number of nitrogens with two attached hydrogens (primary N) is 2. The van der Waals surface area contributed by atoms with Crippen molar-refractivity contribution in [1.29, 1.82) is 0 Å². The zero-order chi connectivity index (χ0) is 13.1. The van der Waals surface area contributed by atoms with Gasteiger partial charge in [0.25, 0.3) is 5.91 Å². The lowest BCUT2D eigenvalue weighted by molar-refractivity contribution is 0.0622. The summed E-state index contributed by atoms with van der Waals surface area (Å²) in [6.07, 6.45) is 1.89. The van der Waals surface area contributed by atoms with Crippen LogP contribution in [-0.4, -0.2) is 35.6 Å². The number of hydrogen-bond acceptors (Lipinski definition) is 4. The van der Waals surface area contributed by atoms with Crippen molar-refractivity contribution in [1.82, 2.24) is 4.90 Å². The molecular formula is C13H19N3O2. The van der Waals surface area contributed by atoms with Crippen molar-refractivity contribution in [3.8, 4) is 0 Å². The van der Waals surface area contributed by atoms with Gasteiger partial charge in [0.15, 0.2) is 0 Å². The van der Waals surface area contributed by atoms with Crippen LogP contribution in [0, 0.1) is 5.92 Å². The van der Waals surface area contributed by atoms with Gasteiger partial charge < -0.3 is 21.5 Å². The Bertz CT molecular complexity index is 448. The lowest BCUT2D eigenvalue weighted by Gasteiger charge is -2.32. The van der Waals surface area contributed by atoms with E-state index in [9.17, 15) is 9.90 Å². The maximum absolute atomic E-state index is 12.3. The Kier molecular flexibility index (Phi) is 3.72. The summed E-state index contributed by atoms with van der Waals surface area (Å²) in [5.41, 5.74) is 12.9. The first-order chi connectivity index (χ1) is 8.61. The fourth-order valence-corrected chi connectivity index (χ4v) is 2.34. The van der Waals surface area contributed by atoms with E-state index in [1.165, 1.54) is 0 Å². The second-order valence-electron chi connectivity index (χ2n) is 4.79. The molecule has 1 amide bonds. The van der Waals surface area contributed by atoms with E-state index in [0.29, 0.717) is 23.5 Å². The van der Waals surface area contributed by atoms with E-state index in [1.54, 1.807) is 23.1 Å². The zero-order valence-electron chi connectivity index (χ0n) is 10.3. The number of likely N-dealkylation sites (tertiary alicyclic amines) is 1. The van der Waals surface area contributed by atoms with Gasteiger partial charge in [-0.05, 0) is 37.0 Å². The minimum absolute atomic E-state index is 0.0781. The van der Waals surface area contributed by atoms with Crippen LogP contribution in [0.15, 0.2) is 18.2 Å². The summed E-state index contributed by atoms with van der Waals surface area (Å²) in [7, 11) is 0. The third-order valence-electron chi connectivity index (χ3n) is 3.37. The number of piperidine rings is 1. The van der Waals surface area contributed by atoms with Gasteiger partial charge in [-0.1, -0.05) is 0 Å². The second-order valence-corrected chi connectivity index (χ2v) is 4.79. The number of aliphatic hydroxyl groups is 1. The molecule has 1 atom stereocenters. The smallest absolute Gasteiger partial charge is 0.255 e. The van der Waals surface area contributed by atoms with E-state index in [2.05, 4.69) is 0 Å². The van der Waals surface area contributed by atoms with Gasteiger partial charge in [-0.25, -0.2) is 0 Å². The van der Waals surface area contributed by atoms with Crippen LogP contribution in [0.3, 0.4) is 0 Å². The van der Waals surface area contributed by atoms with E-state index in [4.69, 9.17) is 11.5 Å². The standard InChI is InChI=1S/C13H19N3O2/c14-10-3-4-11(12(15)6-10)13(18)16-5-1-2-9(7-16)8-17/h3-4,6,9,17H,1-2,5,7-8,14-15H2. The van der Waals surface area contributed by atoms with Crippen molar-refractivity contribution in [2.75, 3.05) is 31.2 Å². The van der Waals surface area contributed by atoms with E-state index < -0.39 is 0 Å². The molecule has 1 saturated heterocycles. The SMILES string of the molecule is Nc1ccc(C(=O)N2CCCC(CO)C2)c(N)c1. The molecule has 1 aromatic rings. The number of nitrogens with zero attached hydrogens (tertiary/aromatic N) is 1. The summed E-state index contributed by atoms with van der Waals surface area (Å²) >= 11 is 0. The topological polar surface area (TPSA) is 92.6 Å². The Morgan fingerprint density at radius 2 is 2.22 bits per heavy atom. The third kappa shape index (κ3) is 2.56. The van der Waals surface area contributed by atoms with E-state index in [1.807, 2.05) is 0 Å². The van der Waals surface area contributed by atoms with E-state index in [0.717, 1.165) is 19.4 Å². The molecule has 18 heavy (non-hydrogen) atoms. The summed E-state index contributed by atoms with van der Waals surface area (Å²) < 4.78 is 0. The maximum atomic E-state index is 12.3. The number of carbonyl (C=O) groups is 1. The molecule has 0 aliphatic carbocycles. The summed E-state index contributed by atoms with van der Waals surface area (Å²) in [6.45, 7) is 1.44. The molecule has 5 heteroatoms. The van der Waals surface area contributed by atoms with Gasteiger partial charge in [0.2, 0.25) is 0 Å². The van der Waals surface area contributed by atoms with Crippen LogP contribution >= 0.6 is 0 Å². The molecule has 1 aliphatic heterocycles. The van der Waals surface area contributed by atoms with Gasteiger partial charge in [0.05, 0.1) is 5.56 Å². The average molecular weight is 249 g/mol. The molecule has 1 heterocycles. The fourth-order valence-electron chi connectivity index (χ4n) is 2.34. The number of aliphatic hydroxyl groups excluding tert-OH is 1. The van der Waals surface area contributed by atoms with Crippen molar-refractivity contribution >= 4 is 17.3 Å². The van der Waals surface area contributed by atoms with Gasteiger partial charge in [0.1, 0.15) is 0 Å². The lowest BCUT2D eigenvalue weighted by Crippen LogP contribution is -2.41. The Morgan fingerprint density at radius 3 is 2.89 bits per heavy atom. The minimum Gasteiger partial charge on any atom is -0.399 e. The minimum atomic E-state index is -0.0781. The first-order valence-corrected chi connectivity index (χ1v) is 6.17. The third-order valence-corrected chi connectivity index (χ3v) is 3.37. The van der Waals surface area contributed by atoms with E-state index in [-0.39, 0.29) is 18.4 Å². The highest BCUT2D eigenvalue weighted by atomic mass is 16.3. The van der Waals surface area contributed by atoms with Crippen molar-refractivity contribution in [3.63, 3.8) is 0 Å². The predicted octanol–water partition coefficient (Wildman–Crippen LogP) is 0.696. The number of rotatable bonds is 2. The van der Waals surface area contributed by atoms with Crippen LogP contribution < -0.4 is 11.5 Å². The highest BCUT2D eigenvalue weighted by Gasteiger charge is 2.24. The summed E-state index contributed by atoms with van der Waals surface area (Å²) in [6, 6.07) is 4.94. The molecule has 0 spiro atoms. The van der Waals surface area contributed by atoms with Crippen LogP contribution in [0.4, 0.5) is 11.4 Å². The number of carbonyl (C=O) groups excluding carboxylic acids is 1. The van der Waals surface area contributed by atoms with Gasteiger partial charge in [-0.15, -0.1) is 0 Å². The van der Waals surface area contributed by atoms with Crippen molar-refractivity contribution < 1.29 is 9.90 Å².